The van der Waals surface area contributed by atoms with Crippen LogP contribution in [0.4, 0.5) is 0 Å². The highest BCUT2D eigenvalue weighted by Crippen LogP contribution is 2.37. The number of hydrogen-bond acceptors (Lipinski definition) is 3. The summed E-state index contributed by atoms with van der Waals surface area (Å²) in [7, 11) is 22.5. The molecule has 90 valence electrons. The number of rotatable bonds is 4. The van der Waals surface area contributed by atoms with Crippen LogP contribution < -0.4 is 14.8 Å². The van der Waals surface area contributed by atoms with Gasteiger partial charge in [0.25, 0.3) is 0 Å². The second kappa shape index (κ2) is 4.86. The molecule has 1 aliphatic rings. The number of fused-ring (bicyclic) bond motifs is 1. The fourth-order valence-electron chi connectivity index (χ4n) is 2.14. The standard InChI is InChI=1S/C12H13B4NO2/c1-7(17-11(2,13)14)5-8-3-4-9-10(6-8)19-12(15,16)18-9/h3-4,6-7,17H,5H2,1-2H3/t7-/m1/s1. The van der Waals surface area contributed by atoms with Crippen LogP contribution in [0, 0.1) is 0 Å². The largest absolute Gasteiger partial charge is 0.468 e. The van der Waals surface area contributed by atoms with Crippen LogP contribution in [0.3, 0.4) is 0 Å². The van der Waals surface area contributed by atoms with Gasteiger partial charge in [0, 0.05) is 6.04 Å². The zero-order valence-corrected chi connectivity index (χ0v) is 11.1. The van der Waals surface area contributed by atoms with E-state index in [0.717, 1.165) is 12.0 Å². The minimum Gasteiger partial charge on any atom is -0.468 e. The summed E-state index contributed by atoms with van der Waals surface area (Å²) < 4.78 is 10.5. The van der Waals surface area contributed by atoms with Gasteiger partial charge >= 0.3 is 0 Å². The van der Waals surface area contributed by atoms with Crippen LogP contribution in [0.5, 0.6) is 11.5 Å². The van der Waals surface area contributed by atoms with Gasteiger partial charge in [-0.05, 0) is 31.0 Å². The molecule has 1 aromatic carbocycles. The van der Waals surface area contributed by atoms with Crippen LogP contribution in [0.25, 0.3) is 0 Å². The minimum absolute atomic E-state index is 0.112. The van der Waals surface area contributed by atoms with Crippen LogP contribution in [-0.4, -0.2) is 48.4 Å². The fourth-order valence-corrected chi connectivity index (χ4v) is 2.14. The van der Waals surface area contributed by atoms with Gasteiger partial charge in [-0.25, -0.2) is 0 Å². The summed E-state index contributed by atoms with van der Waals surface area (Å²) in [5, 5.41) is 2.18. The predicted octanol–water partition coefficient (Wildman–Crippen LogP) is -0.0626. The first-order valence-electron chi connectivity index (χ1n) is 6.09. The molecule has 0 fully saturated rings. The summed E-state index contributed by atoms with van der Waals surface area (Å²) in [6.45, 7) is 3.71. The summed E-state index contributed by atoms with van der Waals surface area (Å²) in [4.78, 5) is 0. The highest BCUT2D eigenvalue weighted by atomic mass is 16.7. The molecule has 0 unspecified atom stereocenters. The first-order chi connectivity index (χ1) is 8.65. The van der Waals surface area contributed by atoms with Crippen molar-refractivity contribution in [2.75, 3.05) is 0 Å². The molecule has 0 bridgehead atoms. The van der Waals surface area contributed by atoms with E-state index < -0.39 is 10.9 Å². The molecule has 0 saturated heterocycles. The van der Waals surface area contributed by atoms with E-state index in [1.54, 1.807) is 13.0 Å². The van der Waals surface area contributed by atoms with Crippen molar-refractivity contribution in [2.24, 2.45) is 0 Å². The lowest BCUT2D eigenvalue weighted by Gasteiger charge is -2.27. The minimum atomic E-state index is -1.59. The summed E-state index contributed by atoms with van der Waals surface area (Å²) >= 11 is 0. The molecule has 2 rings (SSSR count). The number of benzene rings is 1. The Morgan fingerprint density at radius 2 is 1.89 bits per heavy atom. The van der Waals surface area contributed by atoms with Gasteiger partial charge in [0.15, 0.2) is 32.8 Å². The predicted molar refractivity (Wildman–Crippen MR) is 78.2 cm³/mol. The van der Waals surface area contributed by atoms with Crippen molar-refractivity contribution in [3.05, 3.63) is 23.8 Å². The number of nitrogens with one attached hydrogen (secondary N) is 1. The molecule has 1 atom stereocenters. The third kappa shape index (κ3) is 4.00. The van der Waals surface area contributed by atoms with Gasteiger partial charge in [-0.3, -0.25) is 0 Å². The van der Waals surface area contributed by atoms with Crippen LogP contribution in [0.2, 0.25) is 0 Å². The maximum atomic E-state index is 5.70. The van der Waals surface area contributed by atoms with Gasteiger partial charge in [-0.2, -0.15) is 0 Å². The maximum Gasteiger partial charge on any atom is 0.175 e. The van der Waals surface area contributed by atoms with Crippen molar-refractivity contribution in [1.82, 2.24) is 5.32 Å². The van der Waals surface area contributed by atoms with Gasteiger partial charge < -0.3 is 14.8 Å². The second-order valence-corrected chi connectivity index (χ2v) is 5.24. The average Bonchev–Trinajstić information content (AvgIpc) is 2.47. The molecule has 19 heavy (non-hydrogen) atoms. The maximum absolute atomic E-state index is 5.70. The summed E-state index contributed by atoms with van der Waals surface area (Å²) in [5.74, 6) is 1.08. The Morgan fingerprint density at radius 3 is 2.53 bits per heavy atom. The molecular weight excluding hydrogens is 233 g/mol. The molecule has 8 radical (unpaired) electrons. The van der Waals surface area contributed by atoms with E-state index in [9.17, 15) is 0 Å². The van der Waals surface area contributed by atoms with Gasteiger partial charge in [0.05, 0.1) is 15.7 Å². The van der Waals surface area contributed by atoms with Crippen molar-refractivity contribution >= 4 is 31.4 Å². The first kappa shape index (κ1) is 14.4. The lowest BCUT2D eigenvalue weighted by atomic mass is 9.63. The monoisotopic (exact) mass is 247 g/mol. The number of ether oxygens (including phenoxy) is 2. The first-order valence-corrected chi connectivity index (χ1v) is 6.09. The van der Waals surface area contributed by atoms with Crippen LogP contribution >= 0.6 is 0 Å². The highest BCUT2D eigenvalue weighted by molar-refractivity contribution is 6.39. The summed E-state index contributed by atoms with van der Waals surface area (Å²) in [5.41, 5.74) is -0.540. The summed E-state index contributed by atoms with van der Waals surface area (Å²) in [6, 6.07) is 5.66. The van der Waals surface area contributed by atoms with Crippen molar-refractivity contribution in [1.29, 1.82) is 0 Å². The van der Waals surface area contributed by atoms with E-state index in [-0.39, 0.29) is 6.04 Å². The summed E-state index contributed by atoms with van der Waals surface area (Å²) in [6.07, 6.45) is 0.739. The van der Waals surface area contributed by atoms with Crippen LogP contribution in [0.1, 0.15) is 19.4 Å². The molecule has 0 aliphatic carbocycles. The topological polar surface area (TPSA) is 30.5 Å². The zero-order valence-electron chi connectivity index (χ0n) is 11.1. The Balaban J connectivity index is 2.04. The van der Waals surface area contributed by atoms with Crippen LogP contribution in [0.15, 0.2) is 18.2 Å². The number of hydrogen-bond donors (Lipinski definition) is 1. The smallest absolute Gasteiger partial charge is 0.175 e. The molecule has 1 N–H and O–H groups in total. The van der Waals surface area contributed by atoms with Crippen molar-refractivity contribution in [3.8, 4) is 11.5 Å². The lowest BCUT2D eigenvalue weighted by Crippen LogP contribution is -2.48. The van der Waals surface area contributed by atoms with E-state index in [0.29, 0.717) is 11.5 Å². The van der Waals surface area contributed by atoms with Gasteiger partial charge in [0.1, 0.15) is 0 Å². The van der Waals surface area contributed by atoms with E-state index in [1.165, 1.54) is 0 Å². The SMILES string of the molecule is [B]C([B])(C)N[C@H](C)Cc1ccc2c(c1)OC([B])([B])O2. The molecule has 1 heterocycles. The van der Waals surface area contributed by atoms with Crippen molar-refractivity contribution < 1.29 is 9.47 Å². The fraction of sp³-hybridized carbons (Fsp3) is 0.500. The molecule has 0 spiro atoms. The third-order valence-corrected chi connectivity index (χ3v) is 2.65. The Morgan fingerprint density at radius 1 is 1.26 bits per heavy atom. The Hall–Kier alpha value is -0.960. The van der Waals surface area contributed by atoms with E-state index in [1.807, 2.05) is 19.1 Å². The van der Waals surface area contributed by atoms with Gasteiger partial charge in [-0.1, -0.05) is 18.3 Å². The molecule has 0 amide bonds. The third-order valence-electron chi connectivity index (χ3n) is 2.65. The molecule has 1 aliphatic heterocycles. The molecule has 0 saturated carbocycles. The lowest BCUT2D eigenvalue weighted by molar-refractivity contribution is 0.0833. The van der Waals surface area contributed by atoms with Crippen LogP contribution in [-0.2, 0) is 6.42 Å². The Labute approximate surface area is 119 Å². The Kier molecular flexibility index (Phi) is 3.69. The molecular formula is C12H13B4NO2. The normalized spacial score (nSPS) is 18.2. The van der Waals surface area contributed by atoms with Crippen molar-refractivity contribution in [3.63, 3.8) is 0 Å². The molecule has 3 nitrogen and oxygen atoms in total. The quantitative estimate of drug-likeness (QED) is 0.755. The Bertz CT molecular complexity index is 473. The second-order valence-electron chi connectivity index (χ2n) is 5.24. The molecule has 7 heteroatoms. The van der Waals surface area contributed by atoms with E-state index in [4.69, 9.17) is 40.9 Å². The molecule has 1 aromatic rings. The zero-order chi connectivity index (χ0) is 14.3. The van der Waals surface area contributed by atoms with E-state index >= 15 is 0 Å². The average molecular weight is 246 g/mol. The van der Waals surface area contributed by atoms with E-state index in [2.05, 4.69) is 5.32 Å². The van der Waals surface area contributed by atoms with Gasteiger partial charge in [-0.15, -0.1) is 0 Å². The van der Waals surface area contributed by atoms with Crippen molar-refractivity contribution in [2.45, 2.75) is 37.2 Å². The molecule has 0 aromatic heterocycles. The van der Waals surface area contributed by atoms with Gasteiger partial charge in [0.2, 0.25) is 0 Å². The highest BCUT2D eigenvalue weighted by Gasteiger charge is 2.30.